The molecule has 4 heteroatoms. The van der Waals surface area contributed by atoms with Crippen molar-refractivity contribution in [2.24, 2.45) is 0 Å². The van der Waals surface area contributed by atoms with E-state index in [1.165, 1.54) is 11.1 Å². The average molecular weight is 427 g/mol. The molecule has 0 radical (unpaired) electrons. The zero-order valence-electron chi connectivity index (χ0n) is 19.0. The van der Waals surface area contributed by atoms with Crippen molar-refractivity contribution < 1.29 is 9.53 Å². The standard InChI is InChI=1S/C28H30N2O2/c1-28(2,3)23-12-9-21(10-13-23)11-16-27(31)29-24-14-15-25-26(19-24)32-18-17-30(25)20-22-7-5-4-6-8-22/h4-16,19H,17-18,20H2,1-3H3,(H,29,31)/b16-11+. The highest BCUT2D eigenvalue weighted by Crippen LogP contribution is 2.35. The molecule has 32 heavy (non-hydrogen) atoms. The fraction of sp³-hybridized carbons (Fsp3) is 0.250. The van der Waals surface area contributed by atoms with Gasteiger partial charge < -0.3 is 15.0 Å². The Hall–Kier alpha value is -3.53. The highest BCUT2D eigenvalue weighted by atomic mass is 16.5. The second-order valence-electron chi connectivity index (χ2n) is 9.13. The second-order valence-corrected chi connectivity index (χ2v) is 9.13. The smallest absolute Gasteiger partial charge is 0.248 e. The van der Waals surface area contributed by atoms with E-state index in [0.29, 0.717) is 6.61 Å². The molecule has 3 aromatic carbocycles. The number of benzene rings is 3. The van der Waals surface area contributed by atoms with Gasteiger partial charge in [0.25, 0.3) is 0 Å². The summed E-state index contributed by atoms with van der Waals surface area (Å²) in [6, 6.07) is 24.5. The maximum atomic E-state index is 12.4. The third-order valence-corrected chi connectivity index (χ3v) is 5.61. The predicted octanol–water partition coefficient (Wildman–Crippen LogP) is 6.04. The van der Waals surface area contributed by atoms with Crippen molar-refractivity contribution >= 4 is 23.4 Å². The van der Waals surface area contributed by atoms with Crippen molar-refractivity contribution in [3.05, 3.63) is 95.6 Å². The summed E-state index contributed by atoms with van der Waals surface area (Å²) >= 11 is 0. The van der Waals surface area contributed by atoms with Crippen LogP contribution in [0.25, 0.3) is 6.08 Å². The topological polar surface area (TPSA) is 41.6 Å². The lowest BCUT2D eigenvalue weighted by Gasteiger charge is -2.31. The first-order chi connectivity index (χ1) is 15.4. The first-order valence-electron chi connectivity index (χ1n) is 11.0. The molecule has 4 nitrogen and oxygen atoms in total. The Balaban J connectivity index is 1.40. The minimum atomic E-state index is -0.165. The molecule has 0 aromatic heterocycles. The van der Waals surface area contributed by atoms with E-state index in [1.807, 2.05) is 42.5 Å². The van der Waals surface area contributed by atoms with Crippen LogP contribution in [0.15, 0.2) is 78.9 Å². The van der Waals surface area contributed by atoms with Crippen LogP contribution >= 0.6 is 0 Å². The van der Waals surface area contributed by atoms with Crippen LogP contribution in [0.1, 0.15) is 37.5 Å². The second kappa shape index (κ2) is 9.31. The van der Waals surface area contributed by atoms with E-state index >= 15 is 0 Å². The molecule has 0 saturated heterocycles. The minimum absolute atomic E-state index is 0.116. The van der Waals surface area contributed by atoms with Crippen LogP contribution in [0, 0.1) is 0 Å². The summed E-state index contributed by atoms with van der Waals surface area (Å²) in [5.74, 6) is 0.633. The van der Waals surface area contributed by atoms with E-state index in [4.69, 9.17) is 4.74 Å². The van der Waals surface area contributed by atoms with E-state index in [2.05, 4.69) is 67.4 Å². The van der Waals surface area contributed by atoms with Crippen molar-refractivity contribution in [3.8, 4) is 5.75 Å². The molecule has 0 saturated carbocycles. The largest absolute Gasteiger partial charge is 0.489 e. The molecule has 1 aliphatic heterocycles. The van der Waals surface area contributed by atoms with Crippen LogP contribution in [-0.2, 0) is 16.8 Å². The van der Waals surface area contributed by atoms with Gasteiger partial charge in [0.2, 0.25) is 5.91 Å². The Labute approximate surface area is 190 Å². The Bertz CT molecular complexity index is 1100. The minimum Gasteiger partial charge on any atom is -0.489 e. The number of nitrogens with one attached hydrogen (secondary N) is 1. The van der Waals surface area contributed by atoms with Crippen LogP contribution in [0.5, 0.6) is 5.75 Å². The summed E-state index contributed by atoms with van der Waals surface area (Å²) in [5, 5.41) is 2.94. The monoisotopic (exact) mass is 426 g/mol. The third kappa shape index (κ3) is 5.38. The van der Waals surface area contributed by atoms with Gasteiger partial charge in [0.1, 0.15) is 12.4 Å². The van der Waals surface area contributed by atoms with Gasteiger partial charge in [-0.3, -0.25) is 4.79 Å². The number of carbonyl (C=O) groups is 1. The summed E-state index contributed by atoms with van der Waals surface area (Å²) in [7, 11) is 0. The van der Waals surface area contributed by atoms with Gasteiger partial charge in [-0.2, -0.15) is 0 Å². The number of anilines is 2. The Morgan fingerprint density at radius 2 is 1.78 bits per heavy atom. The fourth-order valence-corrected chi connectivity index (χ4v) is 3.77. The molecule has 1 heterocycles. The van der Waals surface area contributed by atoms with Crippen molar-refractivity contribution in [2.75, 3.05) is 23.4 Å². The fourth-order valence-electron chi connectivity index (χ4n) is 3.77. The number of rotatable bonds is 5. The molecule has 0 atom stereocenters. The molecule has 0 spiro atoms. The lowest BCUT2D eigenvalue weighted by molar-refractivity contribution is -0.111. The van der Waals surface area contributed by atoms with E-state index in [9.17, 15) is 4.79 Å². The molecular weight excluding hydrogens is 396 g/mol. The van der Waals surface area contributed by atoms with Gasteiger partial charge in [-0.15, -0.1) is 0 Å². The molecular formula is C28H30N2O2. The molecule has 0 unspecified atom stereocenters. The third-order valence-electron chi connectivity index (χ3n) is 5.61. The number of carbonyl (C=O) groups excluding carboxylic acids is 1. The summed E-state index contributed by atoms with van der Waals surface area (Å²) in [6.45, 7) is 8.86. The molecule has 3 aromatic rings. The average Bonchev–Trinajstić information content (AvgIpc) is 2.78. The molecule has 0 bridgehead atoms. The van der Waals surface area contributed by atoms with Crippen LogP contribution in [-0.4, -0.2) is 19.1 Å². The van der Waals surface area contributed by atoms with Crippen LogP contribution in [0.3, 0.4) is 0 Å². The lowest BCUT2D eigenvalue weighted by Crippen LogP contribution is -2.32. The zero-order valence-corrected chi connectivity index (χ0v) is 19.0. The summed E-state index contributed by atoms with van der Waals surface area (Å²) < 4.78 is 5.87. The van der Waals surface area contributed by atoms with Crippen molar-refractivity contribution in [3.63, 3.8) is 0 Å². The SMILES string of the molecule is CC(C)(C)c1ccc(/C=C/C(=O)Nc2ccc3c(c2)OCCN3Cc2ccccc2)cc1. The molecule has 4 rings (SSSR count). The highest BCUT2D eigenvalue weighted by molar-refractivity contribution is 6.02. The number of ether oxygens (including phenoxy) is 1. The normalized spacial score (nSPS) is 13.5. The number of hydrogen-bond donors (Lipinski definition) is 1. The van der Waals surface area contributed by atoms with Crippen LogP contribution < -0.4 is 15.0 Å². The highest BCUT2D eigenvalue weighted by Gasteiger charge is 2.19. The zero-order chi connectivity index (χ0) is 22.6. The Kier molecular flexibility index (Phi) is 6.31. The lowest BCUT2D eigenvalue weighted by atomic mass is 9.87. The number of amides is 1. The summed E-state index contributed by atoms with van der Waals surface area (Å²) in [4.78, 5) is 14.7. The first kappa shape index (κ1) is 21.7. The van der Waals surface area contributed by atoms with Gasteiger partial charge in [0, 0.05) is 24.4 Å². The van der Waals surface area contributed by atoms with Gasteiger partial charge in [-0.05, 0) is 40.3 Å². The van der Waals surface area contributed by atoms with Gasteiger partial charge >= 0.3 is 0 Å². The molecule has 1 N–H and O–H groups in total. The van der Waals surface area contributed by atoms with Crippen LogP contribution in [0.2, 0.25) is 0 Å². The van der Waals surface area contributed by atoms with Gasteiger partial charge in [0.05, 0.1) is 12.2 Å². The maximum absolute atomic E-state index is 12.4. The molecule has 0 fully saturated rings. The molecule has 1 aliphatic rings. The molecule has 1 amide bonds. The van der Waals surface area contributed by atoms with Crippen molar-refractivity contribution in [1.29, 1.82) is 0 Å². The summed E-state index contributed by atoms with van der Waals surface area (Å²) in [5.41, 5.74) is 5.42. The van der Waals surface area contributed by atoms with Crippen molar-refractivity contribution in [1.82, 2.24) is 0 Å². The molecule has 0 aliphatic carbocycles. The van der Waals surface area contributed by atoms with Gasteiger partial charge in [0.15, 0.2) is 0 Å². The predicted molar refractivity (Wildman–Crippen MR) is 132 cm³/mol. The summed E-state index contributed by atoms with van der Waals surface area (Å²) in [6.07, 6.45) is 3.40. The van der Waals surface area contributed by atoms with E-state index < -0.39 is 0 Å². The van der Waals surface area contributed by atoms with E-state index in [-0.39, 0.29) is 11.3 Å². The molecule has 164 valence electrons. The van der Waals surface area contributed by atoms with Gasteiger partial charge in [-0.1, -0.05) is 75.4 Å². The van der Waals surface area contributed by atoms with E-state index in [1.54, 1.807) is 6.08 Å². The quantitative estimate of drug-likeness (QED) is 0.506. The Morgan fingerprint density at radius 3 is 2.50 bits per heavy atom. The van der Waals surface area contributed by atoms with E-state index in [0.717, 1.165) is 35.8 Å². The van der Waals surface area contributed by atoms with Gasteiger partial charge in [-0.25, -0.2) is 0 Å². The maximum Gasteiger partial charge on any atom is 0.248 e. The number of fused-ring (bicyclic) bond motifs is 1. The number of nitrogens with zero attached hydrogens (tertiary/aromatic N) is 1. The first-order valence-corrected chi connectivity index (χ1v) is 11.0. The van der Waals surface area contributed by atoms with Crippen molar-refractivity contribution in [2.45, 2.75) is 32.7 Å². The Morgan fingerprint density at radius 1 is 1.03 bits per heavy atom. The number of hydrogen-bond acceptors (Lipinski definition) is 3. The van der Waals surface area contributed by atoms with Crippen LogP contribution in [0.4, 0.5) is 11.4 Å².